The average Bonchev–Trinajstić information content (AvgIpc) is 3.01. The monoisotopic (exact) mass is 689 g/mol. The third-order valence-corrected chi connectivity index (χ3v) is 9.05. The van der Waals surface area contributed by atoms with Crippen molar-refractivity contribution >= 4 is 43.2 Å². The van der Waals surface area contributed by atoms with E-state index in [1.807, 2.05) is 0 Å². The van der Waals surface area contributed by atoms with E-state index in [9.17, 15) is 46.9 Å². The molecule has 4 rings (SSSR count). The van der Waals surface area contributed by atoms with Gasteiger partial charge in [0.25, 0.3) is 12.5 Å². The molecule has 0 radical (unpaired) electrons. The minimum absolute atomic E-state index is 0.0206. The number of phenolic OH excluding ortho intramolecular Hbond substituents is 1. The van der Waals surface area contributed by atoms with E-state index in [1.54, 1.807) is 19.1 Å². The fourth-order valence-corrected chi connectivity index (χ4v) is 6.66. The third kappa shape index (κ3) is 10.2. The second-order valence-electron chi connectivity index (χ2n) is 11.0. The molecule has 1 heterocycles. The van der Waals surface area contributed by atoms with E-state index in [1.165, 1.54) is 24.3 Å². The molecule has 1 fully saturated rings. The van der Waals surface area contributed by atoms with Gasteiger partial charge in [0.2, 0.25) is 5.91 Å². The number of carbonyl (C=O) groups is 2. The second kappa shape index (κ2) is 17.7. The van der Waals surface area contributed by atoms with Crippen molar-refractivity contribution in [2.75, 3.05) is 26.4 Å². The third-order valence-electron chi connectivity index (χ3n) is 7.99. The summed E-state index contributed by atoms with van der Waals surface area (Å²) in [7, 11) is -4.14. The number of benzene rings is 2. The standard InChI is InChI=1S/C30H38NO11P.F2S/c1-2-40-43(38,39)41-17-18(16-32)5-3-4-12-31-29(35)19-6-9-22(25(13-19)30(36)37)28-23-10-7-20(33)14-26(23)42-27-15-21(34)8-11-24(27)28;1-3-2/h7-8,10-11,14-15,18-19,22,25,32-33H,2-6,9,12-13,16-17H2,1H3,(H,31,35)(H,36,37)(H,38,39);. The van der Waals surface area contributed by atoms with Crippen molar-refractivity contribution in [2.24, 2.45) is 17.8 Å². The number of amides is 1. The van der Waals surface area contributed by atoms with Gasteiger partial charge in [0, 0.05) is 48.1 Å². The van der Waals surface area contributed by atoms with Crippen LogP contribution in [0.15, 0.2) is 45.6 Å². The average molecular weight is 690 g/mol. The van der Waals surface area contributed by atoms with Gasteiger partial charge in [-0.3, -0.25) is 23.4 Å². The first kappa shape index (κ1) is 37.4. The number of fused-ring (bicyclic) bond motifs is 2. The largest absolute Gasteiger partial charge is 0.508 e. The lowest BCUT2D eigenvalue weighted by Gasteiger charge is -2.35. The number of halogens is 2. The van der Waals surface area contributed by atoms with Crippen LogP contribution in [-0.2, 0) is 23.2 Å². The Morgan fingerprint density at radius 3 is 2.57 bits per heavy atom. The summed E-state index contributed by atoms with van der Waals surface area (Å²) in [5.41, 5.74) is 1.44. The number of hydrogen-bond donors (Lipinski definition) is 5. The Morgan fingerprint density at radius 2 is 1.89 bits per heavy atom. The molecule has 0 spiro atoms. The number of hydrogen-bond acceptors (Lipinski definition) is 10. The number of aliphatic hydroxyl groups is 1. The lowest BCUT2D eigenvalue weighted by atomic mass is 9.69. The van der Waals surface area contributed by atoms with Crippen LogP contribution in [0, 0.1) is 17.8 Å². The Hall–Kier alpha value is -3.07. The molecule has 2 aliphatic carbocycles. The number of carboxylic acid groups (broad SMARTS) is 1. The van der Waals surface area contributed by atoms with Crippen LogP contribution in [0.3, 0.4) is 0 Å². The highest BCUT2D eigenvalue weighted by Crippen LogP contribution is 2.48. The Labute approximate surface area is 268 Å². The second-order valence-corrected chi connectivity index (χ2v) is 12.6. The number of unbranched alkanes of at least 4 members (excludes halogenated alkanes) is 1. The Balaban J connectivity index is 0.00000185. The number of aliphatic hydroxyl groups excluding tert-OH is 1. The van der Waals surface area contributed by atoms with Crippen molar-refractivity contribution in [1.29, 1.82) is 0 Å². The Kier molecular flexibility index (Phi) is 14.4. The van der Waals surface area contributed by atoms with Crippen LogP contribution in [0.25, 0.3) is 22.3 Å². The summed E-state index contributed by atoms with van der Waals surface area (Å²) in [4.78, 5) is 47.1. The highest BCUT2D eigenvalue weighted by molar-refractivity contribution is 7.89. The van der Waals surface area contributed by atoms with E-state index in [4.69, 9.17) is 8.94 Å². The molecule has 1 saturated carbocycles. The van der Waals surface area contributed by atoms with Crippen molar-refractivity contribution in [3.05, 3.63) is 52.2 Å². The molecule has 1 amide bonds. The smallest absolute Gasteiger partial charge is 0.472 e. The predicted molar refractivity (Wildman–Crippen MR) is 167 cm³/mol. The van der Waals surface area contributed by atoms with Gasteiger partial charge in [-0.25, -0.2) is 4.57 Å². The molecule has 12 nitrogen and oxygen atoms in total. The number of carboxylic acids is 1. The van der Waals surface area contributed by atoms with Crippen LogP contribution in [0.1, 0.15) is 56.9 Å². The molecule has 3 aliphatic rings. The summed E-state index contributed by atoms with van der Waals surface area (Å²) in [6, 6.07) is 9.01. The summed E-state index contributed by atoms with van der Waals surface area (Å²) < 4.78 is 46.2. The van der Waals surface area contributed by atoms with Gasteiger partial charge >= 0.3 is 13.8 Å². The van der Waals surface area contributed by atoms with E-state index in [-0.39, 0.29) is 49.2 Å². The highest BCUT2D eigenvalue weighted by atomic mass is 32.2. The van der Waals surface area contributed by atoms with E-state index < -0.39 is 44.1 Å². The first-order chi connectivity index (χ1) is 21.9. The SMILES string of the molecule is CCOP(=O)(O)OCC(CO)CCCCNC(=O)C1CCC(c2c3ccc(=O)cc-3oc3cc(O)ccc23)C(C(=O)O)C1.FSF. The molecule has 5 unspecified atom stereocenters. The van der Waals surface area contributed by atoms with E-state index in [0.29, 0.717) is 60.9 Å². The molecule has 1 aliphatic heterocycles. The van der Waals surface area contributed by atoms with Crippen molar-refractivity contribution in [2.45, 2.75) is 51.4 Å². The minimum Gasteiger partial charge on any atom is -0.508 e. The van der Waals surface area contributed by atoms with Crippen LogP contribution in [0.4, 0.5) is 7.77 Å². The Bertz CT molecular complexity index is 1540. The van der Waals surface area contributed by atoms with Crippen LogP contribution < -0.4 is 10.7 Å². The summed E-state index contributed by atoms with van der Waals surface area (Å²) in [5, 5.41) is 33.3. The zero-order valence-corrected chi connectivity index (χ0v) is 26.8. The molecule has 0 aromatic heterocycles. The van der Waals surface area contributed by atoms with Gasteiger partial charge in [-0.1, -0.05) is 6.42 Å². The summed E-state index contributed by atoms with van der Waals surface area (Å²) in [6.07, 6.45) is 2.78. The van der Waals surface area contributed by atoms with Crippen molar-refractivity contribution in [1.82, 2.24) is 5.32 Å². The molecule has 1 aromatic rings. The number of rotatable bonds is 14. The number of phosphoric ester groups is 1. The lowest BCUT2D eigenvalue weighted by molar-refractivity contribution is -0.145. The van der Waals surface area contributed by atoms with Gasteiger partial charge in [-0.05, 0) is 74.8 Å². The zero-order valence-electron chi connectivity index (χ0n) is 25.1. The number of phenols is 1. The summed E-state index contributed by atoms with van der Waals surface area (Å²) in [5.74, 6) is -3.10. The summed E-state index contributed by atoms with van der Waals surface area (Å²) >= 11 is -1.25. The lowest BCUT2D eigenvalue weighted by Crippen LogP contribution is -2.38. The van der Waals surface area contributed by atoms with Gasteiger partial charge in [0.1, 0.15) is 17.1 Å². The van der Waals surface area contributed by atoms with Crippen LogP contribution in [0.2, 0.25) is 0 Å². The van der Waals surface area contributed by atoms with E-state index in [2.05, 4.69) is 9.84 Å². The van der Waals surface area contributed by atoms with Gasteiger partial charge in [-0.2, -0.15) is 0 Å². The van der Waals surface area contributed by atoms with Gasteiger partial charge in [0.05, 0.1) is 19.1 Å². The van der Waals surface area contributed by atoms with Crippen LogP contribution >= 0.6 is 20.4 Å². The number of carbonyl (C=O) groups excluding carboxylic acids is 1. The molecule has 1 aromatic carbocycles. The number of aliphatic carboxylic acids is 1. The fourth-order valence-electron chi connectivity index (χ4n) is 5.86. The quantitative estimate of drug-likeness (QED) is 0.0786. The van der Waals surface area contributed by atoms with Gasteiger partial charge < -0.3 is 29.9 Å². The van der Waals surface area contributed by atoms with Gasteiger partial charge in [0.15, 0.2) is 5.43 Å². The topological polar surface area (TPSA) is 193 Å². The first-order valence-electron chi connectivity index (χ1n) is 14.8. The maximum atomic E-state index is 13.0. The van der Waals surface area contributed by atoms with E-state index in [0.717, 1.165) is 5.56 Å². The molecule has 0 saturated heterocycles. The fraction of sp³-hybridized carbons (Fsp3) is 0.500. The maximum absolute atomic E-state index is 13.0. The van der Waals surface area contributed by atoms with Crippen molar-refractivity contribution < 1.29 is 55.6 Å². The highest BCUT2D eigenvalue weighted by Gasteiger charge is 2.40. The molecule has 16 heteroatoms. The van der Waals surface area contributed by atoms with Crippen LogP contribution in [-0.4, -0.2) is 58.5 Å². The van der Waals surface area contributed by atoms with E-state index >= 15 is 0 Å². The molecule has 46 heavy (non-hydrogen) atoms. The first-order valence-corrected chi connectivity index (χ1v) is 16.9. The number of phosphoric acid groups is 1. The van der Waals surface area contributed by atoms with Gasteiger partial charge in [-0.15, -0.1) is 7.77 Å². The number of aromatic hydroxyl groups is 1. The molecule has 5 atom stereocenters. The minimum atomic E-state index is -4.14. The molecular weight excluding hydrogens is 651 g/mol. The Morgan fingerprint density at radius 1 is 1.15 bits per heavy atom. The van der Waals surface area contributed by atoms with Crippen molar-refractivity contribution in [3.8, 4) is 17.1 Å². The summed E-state index contributed by atoms with van der Waals surface area (Å²) in [6.45, 7) is 1.60. The maximum Gasteiger partial charge on any atom is 0.472 e. The molecule has 5 N–H and O–H groups in total. The molecule has 254 valence electrons. The predicted octanol–water partition coefficient (Wildman–Crippen LogP) is 5.73. The normalized spacial score (nSPS) is 20.0. The molecule has 0 bridgehead atoms. The number of nitrogens with one attached hydrogen (secondary N) is 1. The zero-order chi connectivity index (χ0) is 33.9. The van der Waals surface area contributed by atoms with Crippen molar-refractivity contribution in [3.63, 3.8) is 0 Å². The molecular formula is C30H38F2NO11PS. The van der Waals surface area contributed by atoms with Crippen LogP contribution in [0.5, 0.6) is 5.75 Å².